The molecule has 1 rings (SSSR count). The fourth-order valence-corrected chi connectivity index (χ4v) is 1.72. The van der Waals surface area contributed by atoms with Gasteiger partial charge in [-0.2, -0.15) is 0 Å². The molecule has 0 amide bonds. The van der Waals surface area contributed by atoms with Gasteiger partial charge in [-0.25, -0.2) is 0 Å². The maximum Gasteiger partial charge on any atom is 0.0862 e. The Morgan fingerprint density at radius 3 is 3.08 bits per heavy atom. The van der Waals surface area contributed by atoms with E-state index in [1.165, 1.54) is 0 Å². The Morgan fingerprint density at radius 1 is 1.67 bits per heavy atom. The van der Waals surface area contributed by atoms with Crippen molar-refractivity contribution in [3.8, 4) is 0 Å². The number of aliphatic hydroxyl groups is 1. The molecule has 1 atom stereocenters. The molecule has 1 aliphatic carbocycles. The smallest absolute Gasteiger partial charge is 0.0862 e. The van der Waals surface area contributed by atoms with Gasteiger partial charge >= 0.3 is 0 Å². The highest BCUT2D eigenvalue weighted by atomic mass is 32.2. The minimum absolute atomic E-state index is 0.551. The molecular formula is C10H16OS. The summed E-state index contributed by atoms with van der Waals surface area (Å²) in [7, 11) is 0. The van der Waals surface area contributed by atoms with Crippen molar-refractivity contribution in [2.24, 2.45) is 0 Å². The lowest BCUT2D eigenvalue weighted by Crippen LogP contribution is -2.26. The number of hydrogen-bond donors (Lipinski definition) is 1. The third kappa shape index (κ3) is 3.03. The minimum Gasteiger partial charge on any atom is -0.385 e. The molecule has 0 bridgehead atoms. The largest absolute Gasteiger partial charge is 0.385 e. The lowest BCUT2D eigenvalue weighted by molar-refractivity contribution is 0.0779. The second-order valence-electron chi connectivity index (χ2n) is 3.21. The molecule has 0 saturated carbocycles. The van der Waals surface area contributed by atoms with Crippen molar-refractivity contribution >= 4 is 11.8 Å². The van der Waals surface area contributed by atoms with Gasteiger partial charge in [0.15, 0.2) is 0 Å². The van der Waals surface area contributed by atoms with Crippen LogP contribution in [0.3, 0.4) is 0 Å². The SMILES string of the molecule is CS/C=C/CC1(O)C=CCCC1. The van der Waals surface area contributed by atoms with Gasteiger partial charge in [-0.1, -0.05) is 18.2 Å². The van der Waals surface area contributed by atoms with Gasteiger partial charge in [-0.15, -0.1) is 11.8 Å². The van der Waals surface area contributed by atoms with Crippen molar-refractivity contribution in [2.75, 3.05) is 6.26 Å². The lowest BCUT2D eigenvalue weighted by atomic mass is 9.88. The van der Waals surface area contributed by atoms with Crippen LogP contribution in [-0.4, -0.2) is 17.0 Å². The second kappa shape index (κ2) is 4.73. The van der Waals surface area contributed by atoms with E-state index in [9.17, 15) is 5.11 Å². The number of hydrogen-bond acceptors (Lipinski definition) is 2. The van der Waals surface area contributed by atoms with Crippen LogP contribution in [0.2, 0.25) is 0 Å². The molecule has 0 spiro atoms. The third-order valence-electron chi connectivity index (χ3n) is 2.11. The second-order valence-corrected chi connectivity index (χ2v) is 3.95. The van der Waals surface area contributed by atoms with Gasteiger partial charge in [-0.3, -0.25) is 0 Å². The molecule has 1 nitrogen and oxygen atoms in total. The van der Waals surface area contributed by atoms with Gasteiger partial charge in [0.2, 0.25) is 0 Å². The monoisotopic (exact) mass is 184 g/mol. The van der Waals surface area contributed by atoms with Crippen LogP contribution < -0.4 is 0 Å². The number of allylic oxidation sites excluding steroid dienone is 1. The molecular weight excluding hydrogens is 168 g/mol. The zero-order valence-electron chi connectivity index (χ0n) is 7.49. The van der Waals surface area contributed by atoms with E-state index >= 15 is 0 Å². The molecule has 1 N–H and O–H groups in total. The average molecular weight is 184 g/mol. The summed E-state index contributed by atoms with van der Waals surface area (Å²) in [4.78, 5) is 0. The van der Waals surface area contributed by atoms with Crippen molar-refractivity contribution in [1.82, 2.24) is 0 Å². The van der Waals surface area contributed by atoms with Crippen LogP contribution in [0, 0.1) is 0 Å². The van der Waals surface area contributed by atoms with E-state index in [0.29, 0.717) is 0 Å². The molecule has 0 fully saturated rings. The van der Waals surface area contributed by atoms with Gasteiger partial charge in [-0.05, 0) is 37.3 Å². The first-order chi connectivity index (χ1) is 5.77. The van der Waals surface area contributed by atoms with E-state index in [4.69, 9.17) is 0 Å². The van der Waals surface area contributed by atoms with E-state index in [1.807, 2.05) is 23.8 Å². The maximum absolute atomic E-state index is 9.95. The molecule has 1 unspecified atom stereocenters. The molecule has 0 heterocycles. The predicted octanol–water partition coefficient (Wildman–Crippen LogP) is 2.72. The van der Waals surface area contributed by atoms with Crippen molar-refractivity contribution in [3.05, 3.63) is 23.6 Å². The Balaban J connectivity index is 2.42. The van der Waals surface area contributed by atoms with Gasteiger partial charge in [0, 0.05) is 0 Å². The van der Waals surface area contributed by atoms with Gasteiger partial charge < -0.3 is 5.11 Å². The highest BCUT2D eigenvalue weighted by molar-refractivity contribution is 8.01. The van der Waals surface area contributed by atoms with E-state index in [1.54, 1.807) is 11.8 Å². The normalized spacial score (nSPS) is 29.8. The van der Waals surface area contributed by atoms with Crippen molar-refractivity contribution in [3.63, 3.8) is 0 Å². The van der Waals surface area contributed by atoms with Crippen LogP contribution in [0.15, 0.2) is 23.6 Å². The summed E-state index contributed by atoms with van der Waals surface area (Å²) in [6.07, 6.45) is 12.0. The molecule has 2 heteroatoms. The fraction of sp³-hybridized carbons (Fsp3) is 0.600. The molecule has 68 valence electrons. The third-order valence-corrected chi connectivity index (χ3v) is 2.58. The number of thioether (sulfide) groups is 1. The summed E-state index contributed by atoms with van der Waals surface area (Å²) in [6, 6.07) is 0. The minimum atomic E-state index is -0.551. The Bertz CT molecular complexity index is 186. The zero-order chi connectivity index (χ0) is 8.86. The van der Waals surface area contributed by atoms with Crippen molar-refractivity contribution < 1.29 is 5.11 Å². The van der Waals surface area contributed by atoms with E-state index < -0.39 is 5.60 Å². The Hall–Kier alpha value is -0.210. The highest BCUT2D eigenvalue weighted by Gasteiger charge is 2.22. The molecule has 0 aliphatic heterocycles. The van der Waals surface area contributed by atoms with Crippen LogP contribution in [0.4, 0.5) is 0 Å². The molecule has 0 saturated heterocycles. The van der Waals surface area contributed by atoms with E-state index in [0.717, 1.165) is 25.7 Å². The fourth-order valence-electron chi connectivity index (χ4n) is 1.43. The zero-order valence-corrected chi connectivity index (χ0v) is 8.31. The van der Waals surface area contributed by atoms with Crippen molar-refractivity contribution in [2.45, 2.75) is 31.3 Å². The molecule has 12 heavy (non-hydrogen) atoms. The lowest BCUT2D eigenvalue weighted by Gasteiger charge is -2.25. The van der Waals surface area contributed by atoms with E-state index in [-0.39, 0.29) is 0 Å². The summed E-state index contributed by atoms with van der Waals surface area (Å²) in [5.41, 5.74) is -0.551. The van der Waals surface area contributed by atoms with Crippen LogP contribution in [0.25, 0.3) is 0 Å². The van der Waals surface area contributed by atoms with Crippen LogP contribution in [0.5, 0.6) is 0 Å². The Morgan fingerprint density at radius 2 is 2.50 bits per heavy atom. The van der Waals surface area contributed by atoms with Crippen LogP contribution in [-0.2, 0) is 0 Å². The predicted molar refractivity (Wildman–Crippen MR) is 55.2 cm³/mol. The van der Waals surface area contributed by atoms with Gasteiger partial charge in [0.05, 0.1) is 5.60 Å². The van der Waals surface area contributed by atoms with Crippen LogP contribution >= 0.6 is 11.8 Å². The Kier molecular flexibility index (Phi) is 3.89. The summed E-state index contributed by atoms with van der Waals surface area (Å²) < 4.78 is 0. The quantitative estimate of drug-likeness (QED) is 0.681. The highest BCUT2D eigenvalue weighted by Crippen LogP contribution is 2.25. The molecule has 0 radical (unpaired) electrons. The van der Waals surface area contributed by atoms with Gasteiger partial charge in [0.1, 0.15) is 0 Å². The first-order valence-corrected chi connectivity index (χ1v) is 5.63. The summed E-state index contributed by atoms with van der Waals surface area (Å²) in [5, 5.41) is 12.0. The number of rotatable bonds is 3. The standard InChI is InChI=1S/C10H16OS/c1-12-9-5-8-10(11)6-3-2-4-7-10/h3,5-6,9,11H,2,4,7-8H2,1H3/b9-5+. The topological polar surface area (TPSA) is 20.2 Å². The molecule has 1 aliphatic rings. The molecule has 0 aromatic heterocycles. The first kappa shape index (κ1) is 9.87. The van der Waals surface area contributed by atoms with Crippen LogP contribution in [0.1, 0.15) is 25.7 Å². The van der Waals surface area contributed by atoms with E-state index in [2.05, 4.69) is 6.08 Å². The summed E-state index contributed by atoms with van der Waals surface area (Å²) in [5.74, 6) is 0. The average Bonchev–Trinajstić information content (AvgIpc) is 2.06. The molecule has 0 aromatic rings. The maximum atomic E-state index is 9.95. The molecule has 0 aromatic carbocycles. The Labute approximate surface area is 78.6 Å². The summed E-state index contributed by atoms with van der Waals surface area (Å²) in [6.45, 7) is 0. The van der Waals surface area contributed by atoms with Crippen molar-refractivity contribution in [1.29, 1.82) is 0 Å². The van der Waals surface area contributed by atoms with Gasteiger partial charge in [0.25, 0.3) is 0 Å². The summed E-state index contributed by atoms with van der Waals surface area (Å²) >= 11 is 1.67. The first-order valence-electron chi connectivity index (χ1n) is 4.35.